The molecule has 0 unspecified atom stereocenters. The van der Waals surface area contributed by atoms with E-state index in [2.05, 4.69) is 6.08 Å². The molecular formula is C30H19NO2. The number of allylic oxidation sites excluding steroid dienone is 7. The summed E-state index contributed by atoms with van der Waals surface area (Å²) < 4.78 is 0. The zero-order chi connectivity index (χ0) is 22.4. The number of nitrogens with zero attached hydrogens (tertiary/aromatic N) is 1. The summed E-state index contributed by atoms with van der Waals surface area (Å²) in [5.74, 6) is -0.0299. The van der Waals surface area contributed by atoms with E-state index in [0.29, 0.717) is 11.1 Å². The highest BCUT2D eigenvalue weighted by Gasteiger charge is 2.36. The Kier molecular flexibility index (Phi) is 4.41. The fraction of sp³-hybridized carbons (Fsp3) is 0. The molecule has 0 saturated carbocycles. The van der Waals surface area contributed by atoms with Crippen LogP contribution >= 0.6 is 0 Å². The largest absolute Gasteiger partial charge is 0.289 e. The Hall–Kier alpha value is -4.50. The van der Waals surface area contributed by atoms with Crippen molar-refractivity contribution >= 4 is 28.4 Å². The fourth-order valence-electron chi connectivity index (χ4n) is 4.69. The van der Waals surface area contributed by atoms with E-state index in [1.807, 2.05) is 103 Å². The number of ketones is 1. The molecule has 0 fully saturated rings. The molecule has 33 heavy (non-hydrogen) atoms. The van der Waals surface area contributed by atoms with Crippen molar-refractivity contribution in [1.82, 2.24) is 4.90 Å². The van der Waals surface area contributed by atoms with Crippen molar-refractivity contribution in [1.29, 1.82) is 0 Å². The van der Waals surface area contributed by atoms with E-state index in [0.717, 1.165) is 39.1 Å². The molecule has 3 aromatic carbocycles. The average molecular weight is 425 g/mol. The van der Waals surface area contributed by atoms with Gasteiger partial charge in [0, 0.05) is 17.3 Å². The lowest BCUT2D eigenvalue weighted by molar-refractivity contribution is -0.120. The topological polar surface area (TPSA) is 37.4 Å². The molecule has 6 rings (SSSR count). The number of hydrogen-bond acceptors (Lipinski definition) is 2. The molecule has 2 aliphatic heterocycles. The fourth-order valence-corrected chi connectivity index (χ4v) is 4.69. The van der Waals surface area contributed by atoms with Crippen LogP contribution in [0.15, 0.2) is 127 Å². The third-order valence-corrected chi connectivity index (χ3v) is 6.21. The molecule has 156 valence electrons. The number of carbonyl (C=O) groups is 2. The molecule has 0 radical (unpaired) electrons. The molecule has 0 atom stereocenters. The molecule has 0 spiro atoms. The standard InChI is InChI=1S/C30H19NO2/c32-27-16-15-23(24-13-7-8-14-25(24)27)22-17-18-31-26(19-22)28(20-9-3-1-4-10-20)29(30(31)33)21-11-5-2-6-12-21/h1-19H. The molecule has 3 aliphatic rings. The van der Waals surface area contributed by atoms with Gasteiger partial charge in [-0.05, 0) is 52.1 Å². The Bertz CT molecular complexity index is 1470. The summed E-state index contributed by atoms with van der Waals surface area (Å²) in [7, 11) is 0. The van der Waals surface area contributed by atoms with Gasteiger partial charge in [0.2, 0.25) is 0 Å². The van der Waals surface area contributed by atoms with Gasteiger partial charge >= 0.3 is 0 Å². The summed E-state index contributed by atoms with van der Waals surface area (Å²) >= 11 is 0. The van der Waals surface area contributed by atoms with Crippen molar-refractivity contribution in [3.8, 4) is 0 Å². The molecular weight excluding hydrogens is 406 g/mol. The van der Waals surface area contributed by atoms with Crippen molar-refractivity contribution in [2.24, 2.45) is 0 Å². The Morgan fingerprint density at radius 1 is 0.576 bits per heavy atom. The van der Waals surface area contributed by atoms with Crippen LogP contribution < -0.4 is 0 Å². The number of hydrogen-bond donors (Lipinski definition) is 0. The van der Waals surface area contributed by atoms with Crippen LogP contribution in [0.25, 0.3) is 16.7 Å². The van der Waals surface area contributed by atoms with E-state index in [1.165, 1.54) is 0 Å². The Morgan fingerprint density at radius 3 is 1.88 bits per heavy atom. The van der Waals surface area contributed by atoms with Crippen molar-refractivity contribution < 1.29 is 9.59 Å². The van der Waals surface area contributed by atoms with Crippen molar-refractivity contribution in [3.05, 3.63) is 149 Å². The molecule has 3 nitrogen and oxygen atoms in total. The van der Waals surface area contributed by atoms with E-state index in [4.69, 9.17) is 0 Å². The molecule has 1 amide bonds. The highest BCUT2D eigenvalue weighted by atomic mass is 16.2. The van der Waals surface area contributed by atoms with Gasteiger partial charge < -0.3 is 0 Å². The second-order valence-electron chi connectivity index (χ2n) is 8.11. The number of carbonyl (C=O) groups excluding carboxylic acids is 2. The maximum atomic E-state index is 13.5. The molecule has 0 N–H and O–H groups in total. The molecule has 1 aliphatic carbocycles. The second kappa shape index (κ2) is 7.57. The van der Waals surface area contributed by atoms with Crippen LogP contribution in [0.3, 0.4) is 0 Å². The van der Waals surface area contributed by atoms with Gasteiger partial charge in [-0.2, -0.15) is 0 Å². The van der Waals surface area contributed by atoms with Crippen LogP contribution in [0, 0.1) is 0 Å². The predicted octanol–water partition coefficient (Wildman–Crippen LogP) is 6.06. The summed E-state index contributed by atoms with van der Waals surface area (Å²) in [5.41, 5.74) is 7.89. The van der Waals surface area contributed by atoms with Crippen molar-refractivity contribution in [2.75, 3.05) is 0 Å². The number of amides is 1. The molecule has 0 saturated heterocycles. The minimum absolute atomic E-state index is 0.0105. The minimum atomic E-state index is -0.0404. The summed E-state index contributed by atoms with van der Waals surface area (Å²) in [6.45, 7) is 0. The highest BCUT2D eigenvalue weighted by Crippen LogP contribution is 2.44. The van der Waals surface area contributed by atoms with Gasteiger partial charge in [0.15, 0.2) is 5.78 Å². The molecule has 3 heteroatoms. The summed E-state index contributed by atoms with van der Waals surface area (Å²) in [4.78, 5) is 27.6. The van der Waals surface area contributed by atoms with Gasteiger partial charge in [0.05, 0.1) is 11.3 Å². The SMILES string of the molecule is O=C1C=CC(=C2C=CN3C(=O)C(c4ccccc4)=C(c4ccccc4)C3=C2)c2ccccc21. The number of fused-ring (bicyclic) bond motifs is 2. The quantitative estimate of drug-likeness (QED) is 0.501. The van der Waals surface area contributed by atoms with E-state index in [-0.39, 0.29) is 11.7 Å². The van der Waals surface area contributed by atoms with Gasteiger partial charge in [-0.15, -0.1) is 0 Å². The lowest BCUT2D eigenvalue weighted by Crippen LogP contribution is -2.21. The van der Waals surface area contributed by atoms with Crippen LogP contribution in [0.5, 0.6) is 0 Å². The number of benzene rings is 3. The zero-order valence-electron chi connectivity index (χ0n) is 17.7. The monoisotopic (exact) mass is 425 g/mol. The van der Waals surface area contributed by atoms with Gasteiger partial charge in [0.25, 0.3) is 5.91 Å². The van der Waals surface area contributed by atoms with Crippen molar-refractivity contribution in [3.63, 3.8) is 0 Å². The normalized spacial score (nSPS) is 19.0. The lowest BCUT2D eigenvalue weighted by atomic mass is 9.87. The molecule has 3 aromatic rings. The first kappa shape index (κ1) is 19.2. The van der Waals surface area contributed by atoms with Gasteiger partial charge in [-0.1, -0.05) is 84.9 Å². The van der Waals surface area contributed by atoms with Crippen LogP contribution in [0.1, 0.15) is 27.0 Å². The van der Waals surface area contributed by atoms with Crippen molar-refractivity contribution in [2.45, 2.75) is 0 Å². The summed E-state index contributed by atoms with van der Waals surface area (Å²) in [6, 6.07) is 27.5. The van der Waals surface area contributed by atoms with E-state index >= 15 is 0 Å². The van der Waals surface area contributed by atoms with Crippen LogP contribution in [0.4, 0.5) is 0 Å². The second-order valence-corrected chi connectivity index (χ2v) is 8.11. The zero-order valence-corrected chi connectivity index (χ0v) is 17.7. The Morgan fingerprint density at radius 2 is 1.18 bits per heavy atom. The predicted molar refractivity (Wildman–Crippen MR) is 131 cm³/mol. The number of rotatable bonds is 2. The molecule has 2 heterocycles. The first-order valence-corrected chi connectivity index (χ1v) is 10.9. The third kappa shape index (κ3) is 3.06. The van der Waals surface area contributed by atoms with Crippen LogP contribution in [0.2, 0.25) is 0 Å². The highest BCUT2D eigenvalue weighted by molar-refractivity contribution is 6.34. The van der Waals surface area contributed by atoms with Crippen LogP contribution in [-0.2, 0) is 4.79 Å². The van der Waals surface area contributed by atoms with Crippen LogP contribution in [-0.4, -0.2) is 16.6 Å². The molecule has 0 bridgehead atoms. The van der Waals surface area contributed by atoms with E-state index in [9.17, 15) is 9.59 Å². The first-order chi connectivity index (χ1) is 16.2. The maximum absolute atomic E-state index is 13.5. The maximum Gasteiger partial charge on any atom is 0.263 e. The Balaban J connectivity index is 1.60. The third-order valence-electron chi connectivity index (χ3n) is 6.21. The minimum Gasteiger partial charge on any atom is -0.289 e. The van der Waals surface area contributed by atoms with E-state index < -0.39 is 0 Å². The molecule has 0 aromatic heterocycles. The Labute approximate surface area is 192 Å². The van der Waals surface area contributed by atoms with Gasteiger partial charge in [-0.25, -0.2) is 0 Å². The summed E-state index contributed by atoms with van der Waals surface area (Å²) in [5, 5.41) is 0. The van der Waals surface area contributed by atoms with E-state index in [1.54, 1.807) is 11.0 Å². The van der Waals surface area contributed by atoms with Gasteiger partial charge in [-0.3, -0.25) is 14.5 Å². The van der Waals surface area contributed by atoms with Gasteiger partial charge in [0.1, 0.15) is 0 Å². The summed E-state index contributed by atoms with van der Waals surface area (Å²) in [6.07, 6.45) is 9.34. The lowest BCUT2D eigenvalue weighted by Gasteiger charge is -2.22. The average Bonchev–Trinajstić information content (AvgIpc) is 3.17. The first-order valence-electron chi connectivity index (χ1n) is 10.9. The smallest absolute Gasteiger partial charge is 0.263 e.